The number of ether oxygens (including phenoxy) is 2. The number of nitrogens with zero attached hydrogens (tertiary/aromatic N) is 3. The van der Waals surface area contributed by atoms with E-state index in [4.69, 9.17) is 21.1 Å². The van der Waals surface area contributed by atoms with Crippen LogP contribution in [0, 0.1) is 0 Å². The maximum Gasteiger partial charge on any atom is 0.231 e. The van der Waals surface area contributed by atoms with Gasteiger partial charge in [0.05, 0.1) is 19.3 Å². The summed E-state index contributed by atoms with van der Waals surface area (Å²) in [5.41, 5.74) is 2.22. The van der Waals surface area contributed by atoms with E-state index >= 15 is 0 Å². The number of piperazine rings is 1. The SMILES string of the molecule is Clc1ccc(N2CCN(N=Cc3ccc4c(c3)OCO4)CC2)cc1. The fourth-order valence-corrected chi connectivity index (χ4v) is 2.99. The Balaban J connectivity index is 1.35. The van der Waals surface area contributed by atoms with Gasteiger partial charge in [0.2, 0.25) is 6.79 Å². The smallest absolute Gasteiger partial charge is 0.231 e. The van der Waals surface area contributed by atoms with Crippen molar-refractivity contribution in [2.45, 2.75) is 0 Å². The van der Waals surface area contributed by atoms with Crippen LogP contribution in [0.1, 0.15) is 5.56 Å². The van der Waals surface area contributed by atoms with Crippen molar-refractivity contribution < 1.29 is 9.47 Å². The first-order valence-electron chi connectivity index (χ1n) is 7.97. The van der Waals surface area contributed by atoms with E-state index in [9.17, 15) is 0 Å². The van der Waals surface area contributed by atoms with Crippen LogP contribution in [-0.2, 0) is 0 Å². The van der Waals surface area contributed by atoms with E-state index in [1.807, 2.05) is 36.5 Å². The van der Waals surface area contributed by atoms with Crippen molar-refractivity contribution >= 4 is 23.5 Å². The molecule has 0 N–H and O–H groups in total. The fourth-order valence-electron chi connectivity index (χ4n) is 2.86. The number of halogens is 1. The third-order valence-corrected chi connectivity index (χ3v) is 4.47. The van der Waals surface area contributed by atoms with E-state index in [1.165, 1.54) is 5.69 Å². The molecule has 24 heavy (non-hydrogen) atoms. The van der Waals surface area contributed by atoms with Crippen molar-refractivity contribution in [2.75, 3.05) is 37.9 Å². The molecule has 0 atom stereocenters. The monoisotopic (exact) mass is 343 g/mol. The van der Waals surface area contributed by atoms with Gasteiger partial charge in [0, 0.05) is 23.8 Å². The molecule has 1 fully saturated rings. The molecule has 2 aromatic rings. The average Bonchev–Trinajstić information content (AvgIpc) is 3.09. The zero-order valence-corrected chi connectivity index (χ0v) is 13.9. The zero-order chi connectivity index (χ0) is 16.4. The third-order valence-electron chi connectivity index (χ3n) is 4.21. The molecule has 4 rings (SSSR count). The number of hydrogen-bond acceptors (Lipinski definition) is 5. The highest BCUT2D eigenvalue weighted by molar-refractivity contribution is 6.30. The summed E-state index contributed by atoms with van der Waals surface area (Å²) in [7, 11) is 0. The third kappa shape index (κ3) is 3.26. The van der Waals surface area contributed by atoms with Crippen molar-refractivity contribution in [3.63, 3.8) is 0 Å². The first-order chi connectivity index (χ1) is 11.8. The summed E-state index contributed by atoms with van der Waals surface area (Å²) < 4.78 is 10.7. The van der Waals surface area contributed by atoms with Crippen LogP contribution in [0.3, 0.4) is 0 Å². The van der Waals surface area contributed by atoms with Gasteiger partial charge >= 0.3 is 0 Å². The highest BCUT2D eigenvalue weighted by Gasteiger charge is 2.16. The second kappa shape index (κ2) is 6.61. The predicted octanol–water partition coefficient (Wildman–Crippen LogP) is 3.22. The summed E-state index contributed by atoms with van der Waals surface area (Å²) in [4.78, 5) is 2.35. The minimum Gasteiger partial charge on any atom is -0.454 e. The van der Waals surface area contributed by atoms with Crippen LogP contribution in [-0.4, -0.2) is 44.2 Å². The van der Waals surface area contributed by atoms with Crippen molar-refractivity contribution in [1.82, 2.24) is 5.01 Å². The van der Waals surface area contributed by atoms with Crippen molar-refractivity contribution in [3.8, 4) is 11.5 Å². The second-order valence-corrected chi connectivity index (χ2v) is 6.21. The van der Waals surface area contributed by atoms with E-state index in [0.717, 1.165) is 48.3 Å². The largest absolute Gasteiger partial charge is 0.454 e. The van der Waals surface area contributed by atoms with Crippen LogP contribution in [0.5, 0.6) is 11.5 Å². The molecule has 2 aliphatic heterocycles. The molecule has 0 aliphatic carbocycles. The molecule has 124 valence electrons. The predicted molar refractivity (Wildman–Crippen MR) is 95.4 cm³/mol. The number of hydrogen-bond donors (Lipinski definition) is 0. The normalized spacial score (nSPS) is 16.9. The summed E-state index contributed by atoms with van der Waals surface area (Å²) in [6, 6.07) is 13.8. The van der Waals surface area contributed by atoms with E-state index in [2.05, 4.69) is 27.1 Å². The lowest BCUT2D eigenvalue weighted by Crippen LogP contribution is -2.44. The van der Waals surface area contributed by atoms with E-state index in [0.29, 0.717) is 6.79 Å². The van der Waals surface area contributed by atoms with Gasteiger partial charge in [-0.1, -0.05) is 11.6 Å². The molecule has 1 saturated heterocycles. The Morgan fingerprint density at radius 3 is 2.46 bits per heavy atom. The number of benzene rings is 2. The summed E-state index contributed by atoms with van der Waals surface area (Å²) in [6.07, 6.45) is 1.87. The zero-order valence-electron chi connectivity index (χ0n) is 13.2. The lowest BCUT2D eigenvalue weighted by Gasteiger charge is -2.34. The Morgan fingerprint density at radius 2 is 1.67 bits per heavy atom. The molecule has 0 aromatic heterocycles. The van der Waals surface area contributed by atoms with Gasteiger partial charge in [-0.15, -0.1) is 0 Å². The molecule has 2 aliphatic rings. The van der Waals surface area contributed by atoms with Crippen LogP contribution < -0.4 is 14.4 Å². The van der Waals surface area contributed by atoms with Gasteiger partial charge in [0.15, 0.2) is 11.5 Å². The van der Waals surface area contributed by atoms with Gasteiger partial charge in [0.25, 0.3) is 0 Å². The topological polar surface area (TPSA) is 37.3 Å². The molecule has 0 spiro atoms. The number of rotatable bonds is 3. The van der Waals surface area contributed by atoms with Crippen molar-refractivity contribution in [2.24, 2.45) is 5.10 Å². The van der Waals surface area contributed by atoms with Gasteiger partial charge in [-0.25, -0.2) is 0 Å². The van der Waals surface area contributed by atoms with Crippen LogP contribution in [0.25, 0.3) is 0 Å². The molecule has 0 unspecified atom stereocenters. The van der Waals surface area contributed by atoms with Gasteiger partial charge in [0.1, 0.15) is 0 Å². The maximum absolute atomic E-state index is 5.95. The molecular formula is C18H18ClN3O2. The summed E-state index contributed by atoms with van der Waals surface area (Å²) in [5, 5.41) is 7.45. The molecule has 0 bridgehead atoms. The minimum absolute atomic E-state index is 0.294. The van der Waals surface area contributed by atoms with E-state index in [-0.39, 0.29) is 0 Å². The number of hydrazone groups is 1. The molecule has 0 radical (unpaired) electrons. The Hall–Kier alpha value is -2.40. The molecule has 6 heteroatoms. The van der Waals surface area contributed by atoms with Gasteiger partial charge in [-0.05, 0) is 48.0 Å². The number of fused-ring (bicyclic) bond motifs is 1. The quantitative estimate of drug-likeness (QED) is 0.802. The number of anilines is 1. The molecule has 0 saturated carbocycles. The Kier molecular flexibility index (Phi) is 4.17. The Labute approximate surface area is 146 Å². The lowest BCUT2D eigenvalue weighted by molar-refractivity contribution is 0.174. The Morgan fingerprint density at radius 1 is 0.917 bits per heavy atom. The maximum atomic E-state index is 5.95. The lowest BCUT2D eigenvalue weighted by atomic mass is 10.2. The standard InChI is InChI=1S/C18H18ClN3O2/c19-15-2-4-16(5-3-15)21-7-9-22(10-8-21)20-12-14-1-6-17-18(11-14)24-13-23-17/h1-6,11-12H,7-10,13H2. The van der Waals surface area contributed by atoms with Crippen LogP contribution in [0.15, 0.2) is 47.6 Å². The summed E-state index contributed by atoms with van der Waals surface area (Å²) >= 11 is 5.95. The summed E-state index contributed by atoms with van der Waals surface area (Å²) in [6.45, 7) is 3.97. The van der Waals surface area contributed by atoms with Gasteiger partial charge in [-0.2, -0.15) is 5.10 Å². The molecule has 0 amide bonds. The second-order valence-electron chi connectivity index (χ2n) is 5.77. The highest BCUT2D eigenvalue weighted by Crippen LogP contribution is 2.32. The van der Waals surface area contributed by atoms with Gasteiger partial charge in [-0.3, -0.25) is 5.01 Å². The van der Waals surface area contributed by atoms with Crippen LogP contribution in [0.2, 0.25) is 5.02 Å². The molecular weight excluding hydrogens is 326 g/mol. The first-order valence-corrected chi connectivity index (χ1v) is 8.35. The minimum atomic E-state index is 0.294. The molecule has 5 nitrogen and oxygen atoms in total. The summed E-state index contributed by atoms with van der Waals surface area (Å²) in [5.74, 6) is 1.58. The van der Waals surface area contributed by atoms with Crippen LogP contribution in [0.4, 0.5) is 5.69 Å². The van der Waals surface area contributed by atoms with E-state index in [1.54, 1.807) is 0 Å². The van der Waals surface area contributed by atoms with Gasteiger partial charge < -0.3 is 14.4 Å². The molecule has 2 aromatic carbocycles. The van der Waals surface area contributed by atoms with Crippen molar-refractivity contribution in [1.29, 1.82) is 0 Å². The molecule has 2 heterocycles. The first kappa shape index (κ1) is 15.1. The van der Waals surface area contributed by atoms with E-state index < -0.39 is 0 Å². The average molecular weight is 344 g/mol. The fraction of sp³-hybridized carbons (Fsp3) is 0.278. The highest BCUT2D eigenvalue weighted by atomic mass is 35.5. The Bertz CT molecular complexity index is 740. The van der Waals surface area contributed by atoms with Crippen molar-refractivity contribution in [3.05, 3.63) is 53.1 Å². The van der Waals surface area contributed by atoms with Crippen LogP contribution >= 0.6 is 11.6 Å².